The number of anilines is 1. The quantitative estimate of drug-likeness (QED) is 0.682. The minimum atomic E-state index is -0.613. The topological polar surface area (TPSA) is 32.8 Å². The Labute approximate surface area is 151 Å². The fraction of sp³-hybridized carbons (Fsp3) is 0.611. The second-order valence-electron chi connectivity index (χ2n) is 8.04. The molecule has 2 aliphatic heterocycles. The van der Waals surface area contributed by atoms with Crippen LogP contribution in [0.5, 0.6) is 0 Å². The number of halogens is 3. The van der Waals surface area contributed by atoms with E-state index in [1.165, 1.54) is 0 Å². The molecule has 1 spiro atoms. The fourth-order valence-electron chi connectivity index (χ4n) is 3.51. The van der Waals surface area contributed by atoms with Crippen LogP contribution in [-0.4, -0.2) is 42.8 Å². The molecule has 0 N–H and O–H groups in total. The van der Waals surface area contributed by atoms with Gasteiger partial charge in [0.1, 0.15) is 17.2 Å². The molecule has 0 radical (unpaired) electrons. The zero-order chi connectivity index (χ0) is 18.4. The minimum Gasteiger partial charge on any atom is -0.444 e. The average Bonchev–Trinajstić information content (AvgIpc) is 2.47. The lowest BCUT2D eigenvalue weighted by Gasteiger charge is -2.54. The summed E-state index contributed by atoms with van der Waals surface area (Å²) in [6.07, 6.45) is 1.37. The van der Waals surface area contributed by atoms with Gasteiger partial charge in [0.25, 0.3) is 0 Å². The van der Waals surface area contributed by atoms with Gasteiger partial charge in [0, 0.05) is 37.7 Å². The van der Waals surface area contributed by atoms with Gasteiger partial charge >= 0.3 is 6.09 Å². The molecule has 138 valence electrons. The Morgan fingerprint density at radius 3 is 2.32 bits per heavy atom. The first-order valence-electron chi connectivity index (χ1n) is 8.46. The molecule has 0 saturated carbocycles. The Hall–Kier alpha value is -1.56. The number of nitrogens with zero attached hydrogens (tertiary/aromatic N) is 2. The van der Waals surface area contributed by atoms with Crippen molar-refractivity contribution in [3.05, 3.63) is 28.8 Å². The van der Waals surface area contributed by atoms with Crippen LogP contribution >= 0.6 is 11.6 Å². The molecule has 7 heteroatoms. The van der Waals surface area contributed by atoms with Crippen LogP contribution in [0.4, 0.5) is 19.3 Å². The molecule has 2 saturated heterocycles. The summed E-state index contributed by atoms with van der Waals surface area (Å²) >= 11 is 5.61. The maximum absolute atomic E-state index is 14.1. The molecule has 25 heavy (non-hydrogen) atoms. The molecule has 0 atom stereocenters. The third-order valence-corrected chi connectivity index (χ3v) is 5.15. The van der Waals surface area contributed by atoms with Gasteiger partial charge in [-0.1, -0.05) is 11.6 Å². The Balaban J connectivity index is 1.57. The van der Waals surface area contributed by atoms with Crippen LogP contribution in [0, 0.1) is 17.0 Å². The summed E-state index contributed by atoms with van der Waals surface area (Å²) < 4.78 is 33.1. The van der Waals surface area contributed by atoms with E-state index in [2.05, 4.69) is 0 Å². The van der Waals surface area contributed by atoms with Crippen LogP contribution in [0.3, 0.4) is 0 Å². The summed E-state index contributed by atoms with van der Waals surface area (Å²) in [5, 5.41) is -0.207. The molecule has 4 nitrogen and oxygen atoms in total. The number of hydrogen-bond donors (Lipinski definition) is 0. The van der Waals surface area contributed by atoms with Crippen molar-refractivity contribution in [1.29, 1.82) is 0 Å². The molecule has 2 heterocycles. The number of ether oxygens (including phenoxy) is 1. The van der Waals surface area contributed by atoms with Crippen LogP contribution in [0.2, 0.25) is 5.02 Å². The summed E-state index contributed by atoms with van der Waals surface area (Å²) in [5.74, 6) is -1.12. The Bertz CT molecular complexity index is 674. The molecule has 0 aliphatic carbocycles. The highest BCUT2D eigenvalue weighted by Crippen LogP contribution is 2.42. The first-order valence-corrected chi connectivity index (χ1v) is 8.84. The van der Waals surface area contributed by atoms with Gasteiger partial charge in [-0.3, -0.25) is 0 Å². The van der Waals surface area contributed by atoms with Gasteiger partial charge in [0.2, 0.25) is 0 Å². The number of rotatable bonds is 1. The molecule has 0 aromatic heterocycles. The van der Waals surface area contributed by atoms with Gasteiger partial charge in [-0.15, -0.1) is 0 Å². The lowest BCUT2D eigenvalue weighted by atomic mass is 9.72. The average molecular weight is 373 g/mol. The number of hydrogen-bond acceptors (Lipinski definition) is 3. The molecule has 1 aromatic rings. The first-order chi connectivity index (χ1) is 11.6. The molecule has 2 fully saturated rings. The van der Waals surface area contributed by atoms with Crippen LogP contribution in [0.15, 0.2) is 12.1 Å². The lowest BCUT2D eigenvalue weighted by molar-refractivity contribution is -0.0434. The van der Waals surface area contributed by atoms with E-state index in [0.717, 1.165) is 25.0 Å². The SMILES string of the molecule is CC(C)(C)OC(=O)N1CC2(CCN(c3cc(F)c(Cl)cc3F)CC2)C1. The van der Waals surface area contributed by atoms with Crippen molar-refractivity contribution in [3.63, 3.8) is 0 Å². The normalized spacial score (nSPS) is 19.8. The van der Waals surface area contributed by atoms with Crippen LogP contribution in [-0.2, 0) is 4.74 Å². The molecule has 0 unspecified atom stereocenters. The summed E-state index contributed by atoms with van der Waals surface area (Å²) in [7, 11) is 0. The monoisotopic (exact) mass is 372 g/mol. The van der Waals surface area contributed by atoms with Gasteiger partial charge in [-0.25, -0.2) is 13.6 Å². The highest BCUT2D eigenvalue weighted by Gasteiger charge is 2.48. The standard InChI is InChI=1S/C18H23ClF2N2O2/c1-17(2,3)25-16(24)23-10-18(11-23)4-6-22(7-5-18)15-9-13(20)12(19)8-14(15)21/h8-9H,4-7,10-11H2,1-3H3. The maximum Gasteiger partial charge on any atom is 0.410 e. The van der Waals surface area contributed by atoms with Crippen molar-refractivity contribution in [2.75, 3.05) is 31.1 Å². The number of likely N-dealkylation sites (tertiary alicyclic amines) is 1. The molecule has 1 amide bonds. The van der Waals surface area contributed by atoms with Crippen molar-refractivity contribution >= 4 is 23.4 Å². The van der Waals surface area contributed by atoms with Crippen LogP contribution in [0.25, 0.3) is 0 Å². The van der Waals surface area contributed by atoms with Crippen LogP contribution in [0.1, 0.15) is 33.6 Å². The van der Waals surface area contributed by atoms with E-state index < -0.39 is 17.2 Å². The van der Waals surface area contributed by atoms with E-state index in [0.29, 0.717) is 26.2 Å². The fourth-order valence-corrected chi connectivity index (χ4v) is 3.66. The lowest BCUT2D eigenvalue weighted by Crippen LogP contribution is -2.62. The highest BCUT2D eigenvalue weighted by atomic mass is 35.5. The Morgan fingerprint density at radius 1 is 1.16 bits per heavy atom. The predicted octanol–water partition coefficient (Wildman–Crippen LogP) is 4.46. The molecule has 0 bridgehead atoms. The molecular weight excluding hydrogens is 350 g/mol. The van der Waals surface area contributed by atoms with E-state index in [1.54, 1.807) is 4.90 Å². The Morgan fingerprint density at radius 2 is 1.76 bits per heavy atom. The van der Waals surface area contributed by atoms with E-state index in [4.69, 9.17) is 16.3 Å². The summed E-state index contributed by atoms with van der Waals surface area (Å²) in [6.45, 7) is 8.11. The number of carbonyl (C=O) groups excluding carboxylic acids is 1. The summed E-state index contributed by atoms with van der Waals surface area (Å²) in [4.78, 5) is 15.6. The van der Waals surface area contributed by atoms with Gasteiger partial charge in [0.05, 0.1) is 10.7 Å². The third-order valence-electron chi connectivity index (χ3n) is 4.86. The predicted molar refractivity (Wildman–Crippen MR) is 93.1 cm³/mol. The van der Waals surface area contributed by atoms with Gasteiger partial charge in [0.15, 0.2) is 0 Å². The first kappa shape index (κ1) is 18.2. The van der Waals surface area contributed by atoms with Crippen molar-refractivity contribution in [3.8, 4) is 0 Å². The molecule has 2 aliphatic rings. The largest absolute Gasteiger partial charge is 0.444 e. The van der Waals surface area contributed by atoms with E-state index in [1.807, 2.05) is 25.7 Å². The van der Waals surface area contributed by atoms with E-state index in [9.17, 15) is 13.6 Å². The number of piperidine rings is 1. The summed E-state index contributed by atoms with van der Waals surface area (Å²) in [6, 6.07) is 2.17. The number of benzene rings is 1. The van der Waals surface area contributed by atoms with Gasteiger partial charge in [-0.05, 0) is 39.7 Å². The van der Waals surface area contributed by atoms with Crippen LogP contribution < -0.4 is 4.90 Å². The zero-order valence-electron chi connectivity index (χ0n) is 14.7. The third kappa shape index (κ3) is 3.84. The smallest absolute Gasteiger partial charge is 0.410 e. The zero-order valence-corrected chi connectivity index (χ0v) is 15.5. The number of amides is 1. The van der Waals surface area contributed by atoms with Crippen molar-refractivity contribution in [1.82, 2.24) is 4.90 Å². The second kappa shape index (κ2) is 6.31. The second-order valence-corrected chi connectivity index (χ2v) is 8.45. The summed E-state index contributed by atoms with van der Waals surface area (Å²) in [5.41, 5.74) is -0.186. The maximum atomic E-state index is 14.1. The van der Waals surface area contributed by atoms with Crippen molar-refractivity contribution in [2.45, 2.75) is 39.2 Å². The van der Waals surface area contributed by atoms with Crippen molar-refractivity contribution < 1.29 is 18.3 Å². The highest BCUT2D eigenvalue weighted by molar-refractivity contribution is 6.30. The van der Waals surface area contributed by atoms with E-state index >= 15 is 0 Å². The van der Waals surface area contributed by atoms with Gasteiger partial charge in [-0.2, -0.15) is 0 Å². The molecule has 3 rings (SSSR count). The Kier molecular flexibility index (Phi) is 4.60. The number of carbonyl (C=O) groups is 1. The molecule has 1 aromatic carbocycles. The van der Waals surface area contributed by atoms with E-state index in [-0.39, 0.29) is 22.2 Å². The van der Waals surface area contributed by atoms with Crippen molar-refractivity contribution in [2.24, 2.45) is 5.41 Å². The molecular formula is C18H23ClF2N2O2. The van der Waals surface area contributed by atoms with Gasteiger partial charge < -0.3 is 14.5 Å². The minimum absolute atomic E-state index is 0.0643.